The average Bonchev–Trinajstić information content (AvgIpc) is 2.54. The van der Waals surface area contributed by atoms with E-state index in [0.29, 0.717) is 13.2 Å². The molecule has 0 unspecified atom stereocenters. The third-order valence-corrected chi connectivity index (χ3v) is 3.14. The zero-order valence-electron chi connectivity index (χ0n) is 12.7. The molecule has 2 aromatic carbocycles. The van der Waals surface area contributed by atoms with E-state index >= 15 is 0 Å². The van der Waals surface area contributed by atoms with Gasteiger partial charge in [0.15, 0.2) is 0 Å². The Labute approximate surface area is 125 Å². The van der Waals surface area contributed by atoms with Gasteiger partial charge in [0.1, 0.15) is 17.2 Å². The smallest absolute Gasteiger partial charge is 0.124 e. The van der Waals surface area contributed by atoms with Crippen molar-refractivity contribution in [2.24, 2.45) is 0 Å². The van der Waals surface area contributed by atoms with Gasteiger partial charge >= 0.3 is 0 Å². The van der Waals surface area contributed by atoms with Crippen LogP contribution in [0.25, 0.3) is 0 Å². The molecule has 2 aromatic rings. The highest BCUT2D eigenvalue weighted by Crippen LogP contribution is 2.25. The third-order valence-electron chi connectivity index (χ3n) is 3.14. The molecule has 0 bridgehead atoms. The fourth-order valence-electron chi connectivity index (χ4n) is 2.05. The Morgan fingerprint density at radius 3 is 2.24 bits per heavy atom. The van der Waals surface area contributed by atoms with Gasteiger partial charge in [-0.05, 0) is 49.4 Å². The minimum atomic E-state index is 0.661. The Kier molecular flexibility index (Phi) is 5.32. The highest BCUT2D eigenvalue weighted by atomic mass is 16.5. The van der Waals surface area contributed by atoms with E-state index in [0.717, 1.165) is 28.5 Å². The molecule has 0 heterocycles. The molecule has 0 atom stereocenters. The van der Waals surface area contributed by atoms with Crippen LogP contribution in [0.4, 0.5) is 5.69 Å². The maximum atomic E-state index is 5.43. The number of anilines is 1. The van der Waals surface area contributed by atoms with Crippen LogP contribution in [0.2, 0.25) is 0 Å². The van der Waals surface area contributed by atoms with E-state index in [2.05, 4.69) is 5.32 Å². The Morgan fingerprint density at radius 2 is 1.62 bits per heavy atom. The first-order chi connectivity index (χ1) is 10.3. The minimum absolute atomic E-state index is 0.661. The highest BCUT2D eigenvalue weighted by Gasteiger charge is 2.05. The standard InChI is InChI=1S/C17H21NO3/c1-4-21-15-7-5-14(6-8-15)18-12-13-11-16(19-2)9-10-17(13)20-3/h5-11,18H,4,12H2,1-3H3. The van der Waals surface area contributed by atoms with Crippen molar-refractivity contribution < 1.29 is 14.2 Å². The molecule has 0 aliphatic carbocycles. The number of methoxy groups -OCH3 is 2. The molecule has 0 saturated carbocycles. The summed E-state index contributed by atoms with van der Waals surface area (Å²) in [5.74, 6) is 2.54. The van der Waals surface area contributed by atoms with Crippen LogP contribution in [0.15, 0.2) is 42.5 Å². The molecular weight excluding hydrogens is 266 g/mol. The molecule has 112 valence electrons. The summed E-state index contributed by atoms with van der Waals surface area (Å²) in [6.45, 7) is 3.31. The van der Waals surface area contributed by atoms with Crippen molar-refractivity contribution in [3.8, 4) is 17.2 Å². The number of rotatable bonds is 7. The Bertz CT molecular complexity index is 567. The predicted molar refractivity (Wildman–Crippen MR) is 84.5 cm³/mol. The van der Waals surface area contributed by atoms with Gasteiger partial charge < -0.3 is 19.5 Å². The van der Waals surface area contributed by atoms with Crippen LogP contribution in [0, 0.1) is 0 Å². The second kappa shape index (κ2) is 7.43. The first kappa shape index (κ1) is 15.0. The van der Waals surface area contributed by atoms with E-state index in [1.807, 2.05) is 49.4 Å². The summed E-state index contributed by atoms with van der Waals surface area (Å²) >= 11 is 0. The summed E-state index contributed by atoms with van der Waals surface area (Å²) in [7, 11) is 3.33. The summed E-state index contributed by atoms with van der Waals surface area (Å²) in [5.41, 5.74) is 2.08. The van der Waals surface area contributed by atoms with Gasteiger partial charge in [-0.1, -0.05) is 0 Å². The zero-order valence-corrected chi connectivity index (χ0v) is 12.7. The van der Waals surface area contributed by atoms with Crippen LogP contribution >= 0.6 is 0 Å². The van der Waals surface area contributed by atoms with Crippen LogP contribution in [0.3, 0.4) is 0 Å². The van der Waals surface area contributed by atoms with Gasteiger partial charge in [-0.25, -0.2) is 0 Å². The summed E-state index contributed by atoms with van der Waals surface area (Å²) in [5, 5.41) is 3.37. The van der Waals surface area contributed by atoms with E-state index in [9.17, 15) is 0 Å². The predicted octanol–water partition coefficient (Wildman–Crippen LogP) is 3.71. The Morgan fingerprint density at radius 1 is 0.905 bits per heavy atom. The molecule has 2 rings (SSSR count). The van der Waals surface area contributed by atoms with Crippen molar-refractivity contribution in [1.29, 1.82) is 0 Å². The minimum Gasteiger partial charge on any atom is -0.497 e. The van der Waals surface area contributed by atoms with E-state index in [1.54, 1.807) is 14.2 Å². The summed E-state index contributed by atoms with van der Waals surface area (Å²) in [6.07, 6.45) is 0. The molecule has 0 fully saturated rings. The van der Waals surface area contributed by atoms with Crippen LogP contribution in [-0.4, -0.2) is 20.8 Å². The molecule has 21 heavy (non-hydrogen) atoms. The molecule has 4 heteroatoms. The van der Waals surface area contributed by atoms with Crippen molar-refractivity contribution in [2.75, 3.05) is 26.1 Å². The Hall–Kier alpha value is -2.36. The third kappa shape index (κ3) is 4.05. The van der Waals surface area contributed by atoms with Gasteiger partial charge in [-0.2, -0.15) is 0 Å². The van der Waals surface area contributed by atoms with Gasteiger partial charge in [0, 0.05) is 17.8 Å². The molecule has 4 nitrogen and oxygen atoms in total. The molecule has 0 aromatic heterocycles. The highest BCUT2D eigenvalue weighted by molar-refractivity contribution is 5.49. The average molecular weight is 287 g/mol. The van der Waals surface area contributed by atoms with Gasteiger partial charge in [0.2, 0.25) is 0 Å². The van der Waals surface area contributed by atoms with Crippen LogP contribution < -0.4 is 19.5 Å². The van der Waals surface area contributed by atoms with Crippen molar-refractivity contribution in [2.45, 2.75) is 13.5 Å². The molecule has 1 N–H and O–H groups in total. The number of nitrogens with one attached hydrogen (secondary N) is 1. The van der Waals surface area contributed by atoms with E-state index in [1.165, 1.54) is 0 Å². The largest absolute Gasteiger partial charge is 0.497 e. The van der Waals surface area contributed by atoms with Crippen LogP contribution in [0.1, 0.15) is 12.5 Å². The van der Waals surface area contributed by atoms with Gasteiger partial charge in [-0.3, -0.25) is 0 Å². The van der Waals surface area contributed by atoms with Crippen molar-refractivity contribution >= 4 is 5.69 Å². The van der Waals surface area contributed by atoms with Crippen molar-refractivity contribution in [3.05, 3.63) is 48.0 Å². The van der Waals surface area contributed by atoms with Gasteiger partial charge in [0.05, 0.1) is 20.8 Å². The first-order valence-electron chi connectivity index (χ1n) is 6.94. The first-order valence-corrected chi connectivity index (χ1v) is 6.94. The fourth-order valence-corrected chi connectivity index (χ4v) is 2.05. The molecular formula is C17H21NO3. The lowest BCUT2D eigenvalue weighted by molar-refractivity contribution is 0.340. The summed E-state index contributed by atoms with van der Waals surface area (Å²) in [6, 6.07) is 13.7. The molecule has 0 spiro atoms. The van der Waals surface area contributed by atoms with E-state index in [4.69, 9.17) is 14.2 Å². The second-order valence-corrected chi connectivity index (χ2v) is 4.49. The molecule has 0 radical (unpaired) electrons. The number of hydrogen-bond donors (Lipinski definition) is 1. The Balaban J connectivity index is 2.04. The zero-order chi connectivity index (χ0) is 15.1. The maximum absolute atomic E-state index is 5.43. The lowest BCUT2D eigenvalue weighted by Crippen LogP contribution is -2.02. The maximum Gasteiger partial charge on any atom is 0.124 e. The normalized spacial score (nSPS) is 10.0. The second-order valence-electron chi connectivity index (χ2n) is 4.49. The fraction of sp³-hybridized carbons (Fsp3) is 0.294. The lowest BCUT2D eigenvalue weighted by Gasteiger charge is -2.12. The van der Waals surface area contributed by atoms with E-state index < -0.39 is 0 Å². The molecule has 0 aliphatic rings. The van der Waals surface area contributed by atoms with E-state index in [-0.39, 0.29) is 0 Å². The molecule has 0 aliphatic heterocycles. The van der Waals surface area contributed by atoms with Crippen LogP contribution in [0.5, 0.6) is 17.2 Å². The SMILES string of the molecule is CCOc1ccc(NCc2cc(OC)ccc2OC)cc1. The number of benzene rings is 2. The number of hydrogen-bond acceptors (Lipinski definition) is 4. The molecule has 0 saturated heterocycles. The van der Waals surface area contributed by atoms with Crippen LogP contribution in [-0.2, 0) is 6.54 Å². The number of ether oxygens (including phenoxy) is 3. The molecule has 0 amide bonds. The van der Waals surface area contributed by atoms with Crippen molar-refractivity contribution in [1.82, 2.24) is 0 Å². The quantitative estimate of drug-likeness (QED) is 0.842. The topological polar surface area (TPSA) is 39.7 Å². The van der Waals surface area contributed by atoms with Gasteiger partial charge in [-0.15, -0.1) is 0 Å². The lowest BCUT2D eigenvalue weighted by atomic mass is 10.2. The summed E-state index contributed by atoms with van der Waals surface area (Å²) in [4.78, 5) is 0. The van der Waals surface area contributed by atoms with Gasteiger partial charge in [0.25, 0.3) is 0 Å². The van der Waals surface area contributed by atoms with Crippen molar-refractivity contribution in [3.63, 3.8) is 0 Å². The monoisotopic (exact) mass is 287 g/mol. The summed E-state index contributed by atoms with van der Waals surface area (Å²) < 4.78 is 16.0.